The molecule has 1 aromatic carbocycles. The van der Waals surface area contributed by atoms with Crippen LogP contribution in [0.25, 0.3) is 0 Å². The van der Waals surface area contributed by atoms with E-state index in [-0.39, 0.29) is 36.9 Å². The average molecular weight is 396 g/mol. The number of carbonyl (C=O) groups excluding carboxylic acids is 2. The predicted molar refractivity (Wildman–Crippen MR) is 101 cm³/mol. The number of β-amino-alcohol motifs (C(OH)–C–C–N with tert-alkyl or cyclic N) is 1. The molecule has 2 heterocycles. The van der Waals surface area contributed by atoms with Crippen LogP contribution < -0.4 is 10.2 Å². The Morgan fingerprint density at radius 2 is 2.11 bits per heavy atom. The lowest BCUT2D eigenvalue weighted by atomic mass is 10.2. The van der Waals surface area contributed by atoms with Crippen LogP contribution in [0.15, 0.2) is 29.5 Å². The number of para-hydroxylation sites is 1. The Morgan fingerprint density at radius 1 is 1.37 bits per heavy atom. The van der Waals surface area contributed by atoms with Crippen molar-refractivity contribution in [2.24, 2.45) is 0 Å². The summed E-state index contributed by atoms with van der Waals surface area (Å²) in [4.78, 5) is 28.3. The summed E-state index contributed by atoms with van der Waals surface area (Å²) < 4.78 is 10.2. The van der Waals surface area contributed by atoms with Gasteiger partial charge < -0.3 is 29.7 Å². The topological polar surface area (TPSA) is 91.3 Å². The molecule has 0 radical (unpaired) electrons. The van der Waals surface area contributed by atoms with Crippen molar-refractivity contribution in [2.45, 2.75) is 0 Å². The summed E-state index contributed by atoms with van der Waals surface area (Å²) in [5, 5.41) is 12.8. The molecule has 1 amide bonds. The predicted octanol–water partition coefficient (Wildman–Crippen LogP) is 0.850. The van der Waals surface area contributed by atoms with Crippen LogP contribution in [0.3, 0.4) is 0 Å². The third-order valence-electron chi connectivity index (χ3n) is 4.53. The molecule has 2 N–H and O–H groups in total. The molecule has 146 valence electrons. The molecule has 8 nitrogen and oxygen atoms in total. The molecule has 0 aromatic heterocycles. The number of aliphatic hydroxyl groups excluding tert-OH is 1. The van der Waals surface area contributed by atoms with Crippen molar-refractivity contribution >= 4 is 34.9 Å². The first kappa shape index (κ1) is 19.5. The van der Waals surface area contributed by atoms with Gasteiger partial charge in [0, 0.05) is 19.6 Å². The molecule has 1 saturated heterocycles. The number of ether oxygens (including phenoxy) is 2. The Labute approximate surface area is 162 Å². The number of amides is 1. The highest BCUT2D eigenvalue weighted by Crippen LogP contribution is 2.36. The molecular formula is C18H22ClN3O5. The number of hydrogen-bond acceptors (Lipinski definition) is 7. The SMILES string of the molecule is COC(=O)C1=C(Nc2cccc(Cl)c2N2CCOCC2)C(=O)N(CCO)C1. The molecular weight excluding hydrogens is 374 g/mol. The van der Waals surface area contributed by atoms with E-state index in [1.54, 1.807) is 18.2 Å². The number of rotatable bonds is 6. The molecule has 9 heteroatoms. The molecule has 0 unspecified atom stereocenters. The standard InChI is InChI=1S/C18H22ClN3O5/c1-26-18(25)12-11-22(5-8-23)17(24)15(12)20-14-4-2-3-13(19)16(14)21-6-9-27-10-7-21/h2-4,20,23H,5-11H2,1H3. The maximum Gasteiger partial charge on any atom is 0.337 e. The van der Waals surface area contributed by atoms with Gasteiger partial charge >= 0.3 is 5.97 Å². The molecule has 1 fully saturated rings. The van der Waals surface area contributed by atoms with Crippen LogP contribution in [0.5, 0.6) is 0 Å². The largest absolute Gasteiger partial charge is 0.466 e. The molecule has 0 aliphatic carbocycles. The Hall–Kier alpha value is -2.29. The summed E-state index contributed by atoms with van der Waals surface area (Å²) in [5.74, 6) is -0.946. The monoisotopic (exact) mass is 395 g/mol. The molecule has 1 aromatic rings. The fourth-order valence-electron chi connectivity index (χ4n) is 3.21. The lowest BCUT2D eigenvalue weighted by Crippen LogP contribution is -2.37. The quantitative estimate of drug-likeness (QED) is 0.690. The molecule has 0 spiro atoms. The van der Waals surface area contributed by atoms with Crippen molar-refractivity contribution in [1.29, 1.82) is 0 Å². The van der Waals surface area contributed by atoms with Crippen LogP contribution in [0.1, 0.15) is 0 Å². The van der Waals surface area contributed by atoms with E-state index in [1.165, 1.54) is 12.0 Å². The Morgan fingerprint density at radius 3 is 2.78 bits per heavy atom. The Bertz CT molecular complexity index is 761. The lowest BCUT2D eigenvalue weighted by Gasteiger charge is -2.31. The van der Waals surface area contributed by atoms with Gasteiger partial charge in [-0.2, -0.15) is 0 Å². The van der Waals surface area contributed by atoms with E-state index in [0.29, 0.717) is 37.0 Å². The highest BCUT2D eigenvalue weighted by atomic mass is 35.5. The minimum absolute atomic E-state index is 0.0852. The first-order chi connectivity index (χ1) is 13.1. The molecule has 0 bridgehead atoms. The van der Waals surface area contributed by atoms with E-state index < -0.39 is 5.97 Å². The van der Waals surface area contributed by atoms with Gasteiger partial charge in [0.25, 0.3) is 5.91 Å². The number of esters is 1. The van der Waals surface area contributed by atoms with Crippen molar-refractivity contribution in [2.75, 3.05) is 63.3 Å². The van der Waals surface area contributed by atoms with Crippen LogP contribution in [0.4, 0.5) is 11.4 Å². The lowest BCUT2D eigenvalue weighted by molar-refractivity contribution is -0.136. The van der Waals surface area contributed by atoms with E-state index in [9.17, 15) is 9.59 Å². The van der Waals surface area contributed by atoms with Crippen molar-refractivity contribution in [1.82, 2.24) is 4.90 Å². The number of methoxy groups -OCH3 is 1. The molecule has 3 rings (SSSR count). The van der Waals surface area contributed by atoms with Gasteiger partial charge in [-0.3, -0.25) is 4.79 Å². The summed E-state index contributed by atoms with van der Waals surface area (Å²) in [6, 6.07) is 5.36. The van der Waals surface area contributed by atoms with Crippen LogP contribution in [0.2, 0.25) is 5.02 Å². The number of halogens is 1. The van der Waals surface area contributed by atoms with E-state index >= 15 is 0 Å². The third-order valence-corrected chi connectivity index (χ3v) is 4.83. The summed E-state index contributed by atoms with van der Waals surface area (Å²) >= 11 is 6.43. The van der Waals surface area contributed by atoms with Gasteiger partial charge in [-0.25, -0.2) is 4.79 Å². The normalized spacial score (nSPS) is 17.5. The Kier molecular flexibility index (Phi) is 6.20. The van der Waals surface area contributed by atoms with Crippen LogP contribution in [-0.2, 0) is 19.1 Å². The number of benzene rings is 1. The van der Waals surface area contributed by atoms with Gasteiger partial charge in [-0.1, -0.05) is 17.7 Å². The zero-order chi connectivity index (χ0) is 19.4. The smallest absolute Gasteiger partial charge is 0.337 e. The summed E-state index contributed by atoms with van der Waals surface area (Å²) in [6.45, 7) is 2.55. The van der Waals surface area contributed by atoms with Gasteiger partial charge in [0.15, 0.2) is 0 Å². The maximum atomic E-state index is 12.7. The van der Waals surface area contributed by atoms with Crippen molar-refractivity contribution < 1.29 is 24.2 Å². The molecule has 2 aliphatic heterocycles. The Balaban J connectivity index is 1.96. The highest BCUT2D eigenvalue weighted by Gasteiger charge is 2.35. The molecule has 0 atom stereocenters. The van der Waals surface area contributed by atoms with Crippen LogP contribution in [0, 0.1) is 0 Å². The number of morpholine rings is 1. The van der Waals surface area contributed by atoms with E-state index in [2.05, 4.69) is 10.2 Å². The zero-order valence-corrected chi connectivity index (χ0v) is 15.8. The van der Waals surface area contributed by atoms with Crippen molar-refractivity contribution in [3.63, 3.8) is 0 Å². The third kappa shape index (κ3) is 4.02. The van der Waals surface area contributed by atoms with E-state index in [1.807, 2.05) is 0 Å². The van der Waals surface area contributed by atoms with Gasteiger partial charge in [0.2, 0.25) is 0 Å². The fraction of sp³-hybridized carbons (Fsp3) is 0.444. The number of nitrogens with one attached hydrogen (secondary N) is 1. The van der Waals surface area contributed by atoms with Gasteiger partial charge in [-0.15, -0.1) is 0 Å². The minimum atomic E-state index is -0.582. The zero-order valence-electron chi connectivity index (χ0n) is 15.0. The molecule has 0 saturated carbocycles. The summed E-state index contributed by atoms with van der Waals surface area (Å²) in [7, 11) is 1.27. The second kappa shape index (κ2) is 8.60. The number of nitrogens with zero attached hydrogens (tertiary/aromatic N) is 2. The van der Waals surface area contributed by atoms with E-state index in [0.717, 1.165) is 5.69 Å². The first-order valence-electron chi connectivity index (χ1n) is 8.66. The van der Waals surface area contributed by atoms with Crippen LogP contribution >= 0.6 is 11.6 Å². The second-order valence-electron chi connectivity index (χ2n) is 6.16. The second-order valence-corrected chi connectivity index (χ2v) is 6.56. The number of hydrogen-bond donors (Lipinski definition) is 2. The number of aliphatic hydroxyl groups is 1. The van der Waals surface area contributed by atoms with Gasteiger partial charge in [0.05, 0.1) is 55.4 Å². The first-order valence-corrected chi connectivity index (χ1v) is 9.04. The van der Waals surface area contributed by atoms with E-state index in [4.69, 9.17) is 26.2 Å². The van der Waals surface area contributed by atoms with Gasteiger partial charge in [0.1, 0.15) is 5.70 Å². The van der Waals surface area contributed by atoms with Gasteiger partial charge in [-0.05, 0) is 12.1 Å². The molecule has 2 aliphatic rings. The number of carbonyl (C=O) groups is 2. The molecule has 27 heavy (non-hydrogen) atoms. The fourth-order valence-corrected chi connectivity index (χ4v) is 3.50. The minimum Gasteiger partial charge on any atom is -0.466 e. The summed E-state index contributed by atoms with van der Waals surface area (Å²) in [6.07, 6.45) is 0. The average Bonchev–Trinajstić information content (AvgIpc) is 2.98. The van der Waals surface area contributed by atoms with Crippen molar-refractivity contribution in [3.8, 4) is 0 Å². The van der Waals surface area contributed by atoms with Crippen molar-refractivity contribution in [3.05, 3.63) is 34.5 Å². The maximum absolute atomic E-state index is 12.7. The summed E-state index contributed by atoms with van der Waals surface area (Å²) in [5.41, 5.74) is 1.75. The number of anilines is 2. The van der Waals surface area contributed by atoms with Crippen LogP contribution in [-0.4, -0.2) is 75.0 Å². The highest BCUT2D eigenvalue weighted by molar-refractivity contribution is 6.34.